The summed E-state index contributed by atoms with van der Waals surface area (Å²) in [6.07, 6.45) is -0.112. The van der Waals surface area contributed by atoms with Crippen molar-refractivity contribution in [1.29, 1.82) is 0 Å². The van der Waals surface area contributed by atoms with Crippen LogP contribution in [0.5, 0.6) is 11.5 Å². The van der Waals surface area contributed by atoms with Crippen LogP contribution in [0.15, 0.2) is 54.6 Å². The maximum Gasteiger partial charge on any atom is 0.335 e. The summed E-state index contributed by atoms with van der Waals surface area (Å²) >= 11 is 1.74. The molecule has 5 nitrogen and oxygen atoms in total. The van der Waals surface area contributed by atoms with Gasteiger partial charge >= 0.3 is 5.97 Å². The molecule has 0 aliphatic heterocycles. The molecule has 0 N–H and O–H groups in total. The fourth-order valence-corrected chi connectivity index (χ4v) is 4.38. The monoisotopic (exact) mass is 454 g/mol. The lowest BCUT2D eigenvalue weighted by Gasteiger charge is -2.15. The fraction of sp³-hybridized carbons (Fsp3) is 0.346. The minimum atomic E-state index is -0.586. The van der Waals surface area contributed by atoms with E-state index in [0.29, 0.717) is 26.2 Å². The summed E-state index contributed by atoms with van der Waals surface area (Å²) in [7, 11) is 1.67. The second-order valence-electron chi connectivity index (χ2n) is 7.28. The molecule has 0 saturated carbocycles. The van der Waals surface area contributed by atoms with Gasteiger partial charge in [0.05, 0.1) is 13.7 Å². The molecule has 3 aromatic rings. The molecular formula is C26H30O5S. The summed E-state index contributed by atoms with van der Waals surface area (Å²) in [5.41, 5.74) is 3.38. The van der Waals surface area contributed by atoms with Crippen molar-refractivity contribution >= 4 is 17.3 Å². The van der Waals surface area contributed by atoms with E-state index >= 15 is 0 Å². The zero-order chi connectivity index (χ0) is 22.9. The third kappa shape index (κ3) is 6.34. The number of aryl methyl sites for hydroxylation is 1. The maximum atomic E-state index is 12.1. The highest BCUT2D eigenvalue weighted by Gasteiger charge is 2.20. The van der Waals surface area contributed by atoms with Gasteiger partial charge in [-0.2, -0.15) is 0 Å². The minimum absolute atomic E-state index is 0.324. The van der Waals surface area contributed by atoms with Gasteiger partial charge < -0.3 is 18.9 Å². The molecule has 1 aromatic heterocycles. The van der Waals surface area contributed by atoms with Gasteiger partial charge in [-0.3, -0.25) is 0 Å². The summed E-state index contributed by atoms with van der Waals surface area (Å²) in [6.45, 7) is 7.09. The van der Waals surface area contributed by atoms with Crippen LogP contribution in [0, 0.1) is 6.92 Å². The summed E-state index contributed by atoms with van der Waals surface area (Å²) in [5.74, 6) is 1.32. The molecule has 0 bridgehead atoms. The fourth-order valence-electron chi connectivity index (χ4n) is 3.29. The summed E-state index contributed by atoms with van der Waals surface area (Å²) in [5, 5.41) is 0. The van der Waals surface area contributed by atoms with Gasteiger partial charge in [0.25, 0.3) is 0 Å². The van der Waals surface area contributed by atoms with Crippen LogP contribution < -0.4 is 9.47 Å². The van der Waals surface area contributed by atoms with Gasteiger partial charge in [0, 0.05) is 22.8 Å². The van der Waals surface area contributed by atoms with Crippen LogP contribution in [0.2, 0.25) is 0 Å². The van der Waals surface area contributed by atoms with Crippen molar-refractivity contribution < 1.29 is 23.7 Å². The van der Waals surface area contributed by atoms with Crippen molar-refractivity contribution in [2.45, 2.75) is 39.9 Å². The molecule has 1 atom stereocenters. The summed E-state index contributed by atoms with van der Waals surface area (Å²) in [6, 6.07) is 18.1. The Kier molecular flexibility index (Phi) is 8.71. The standard InChI is InChI=1S/C26H30O5S/c1-5-29-23(26(27)30-6-2)16-19-7-11-22(12-8-19)31-17-25-18(3)15-24(32-25)20-9-13-21(28-4)14-10-20/h7-15,23H,5-6,16-17H2,1-4H3/t23-/m0/s1. The van der Waals surface area contributed by atoms with Gasteiger partial charge in [0.15, 0.2) is 6.10 Å². The van der Waals surface area contributed by atoms with E-state index in [2.05, 4.69) is 25.1 Å². The predicted molar refractivity (Wildman–Crippen MR) is 128 cm³/mol. The Morgan fingerprint density at radius 3 is 2.28 bits per heavy atom. The Morgan fingerprint density at radius 1 is 0.969 bits per heavy atom. The van der Waals surface area contributed by atoms with Gasteiger partial charge in [-0.15, -0.1) is 11.3 Å². The number of methoxy groups -OCH3 is 1. The molecule has 170 valence electrons. The third-order valence-electron chi connectivity index (χ3n) is 5.03. The van der Waals surface area contributed by atoms with Crippen molar-refractivity contribution in [3.05, 3.63) is 70.6 Å². The van der Waals surface area contributed by atoms with Crippen LogP contribution >= 0.6 is 11.3 Å². The molecule has 2 aromatic carbocycles. The number of carbonyl (C=O) groups excluding carboxylic acids is 1. The highest BCUT2D eigenvalue weighted by Crippen LogP contribution is 2.33. The van der Waals surface area contributed by atoms with Crippen molar-refractivity contribution in [1.82, 2.24) is 0 Å². The van der Waals surface area contributed by atoms with E-state index in [1.54, 1.807) is 25.4 Å². The van der Waals surface area contributed by atoms with E-state index < -0.39 is 6.10 Å². The Bertz CT molecular complexity index is 992. The number of hydrogen-bond acceptors (Lipinski definition) is 6. The molecule has 1 heterocycles. The first-order chi connectivity index (χ1) is 15.5. The molecule has 6 heteroatoms. The topological polar surface area (TPSA) is 54.0 Å². The molecule has 3 rings (SSSR count). The summed E-state index contributed by atoms with van der Waals surface area (Å²) in [4.78, 5) is 14.5. The zero-order valence-corrected chi connectivity index (χ0v) is 19.9. The minimum Gasteiger partial charge on any atom is -0.497 e. The van der Waals surface area contributed by atoms with E-state index in [9.17, 15) is 4.79 Å². The number of carbonyl (C=O) groups is 1. The van der Waals surface area contributed by atoms with Gasteiger partial charge in [-0.1, -0.05) is 12.1 Å². The summed E-state index contributed by atoms with van der Waals surface area (Å²) < 4.78 is 21.9. The Hall–Kier alpha value is -2.83. The molecule has 0 spiro atoms. The quantitative estimate of drug-likeness (QED) is 0.342. The highest BCUT2D eigenvalue weighted by molar-refractivity contribution is 7.15. The molecule has 0 unspecified atom stereocenters. The Morgan fingerprint density at radius 2 is 1.66 bits per heavy atom. The Labute approximate surface area is 193 Å². The first kappa shape index (κ1) is 23.8. The van der Waals surface area contributed by atoms with Gasteiger partial charge in [-0.25, -0.2) is 4.79 Å². The molecule has 0 saturated heterocycles. The van der Waals surface area contributed by atoms with Crippen LogP contribution in [0.25, 0.3) is 10.4 Å². The highest BCUT2D eigenvalue weighted by atomic mass is 32.1. The molecule has 0 radical (unpaired) electrons. The first-order valence-corrected chi connectivity index (χ1v) is 11.6. The van der Waals surface area contributed by atoms with E-state index in [1.807, 2.05) is 43.3 Å². The normalized spacial score (nSPS) is 11.8. The average Bonchev–Trinajstić information content (AvgIpc) is 3.19. The molecule has 0 fully saturated rings. The lowest BCUT2D eigenvalue weighted by Crippen LogP contribution is -2.28. The van der Waals surface area contributed by atoms with Crippen molar-refractivity contribution in [3.8, 4) is 21.9 Å². The van der Waals surface area contributed by atoms with E-state index in [4.69, 9.17) is 18.9 Å². The molecule has 0 aliphatic rings. The lowest BCUT2D eigenvalue weighted by molar-refractivity contribution is -0.156. The first-order valence-electron chi connectivity index (χ1n) is 10.8. The van der Waals surface area contributed by atoms with Crippen molar-refractivity contribution in [3.63, 3.8) is 0 Å². The number of benzene rings is 2. The van der Waals surface area contributed by atoms with Crippen LogP contribution in [0.3, 0.4) is 0 Å². The predicted octanol–water partition coefficient (Wildman–Crippen LogP) is 5.82. The number of hydrogen-bond donors (Lipinski definition) is 0. The van der Waals surface area contributed by atoms with Crippen molar-refractivity contribution in [2.75, 3.05) is 20.3 Å². The largest absolute Gasteiger partial charge is 0.497 e. The SMILES string of the molecule is CCOC(=O)[C@H](Cc1ccc(OCc2sc(-c3ccc(OC)cc3)cc2C)cc1)OCC. The second kappa shape index (κ2) is 11.7. The van der Waals surface area contributed by atoms with Crippen LogP contribution in [0.1, 0.15) is 29.9 Å². The third-order valence-corrected chi connectivity index (χ3v) is 6.29. The maximum absolute atomic E-state index is 12.1. The number of ether oxygens (including phenoxy) is 4. The second-order valence-corrected chi connectivity index (χ2v) is 8.41. The van der Waals surface area contributed by atoms with Crippen LogP contribution in [-0.2, 0) is 27.3 Å². The number of esters is 1. The van der Waals surface area contributed by atoms with Crippen LogP contribution in [0.4, 0.5) is 0 Å². The Balaban J connectivity index is 1.60. The average molecular weight is 455 g/mol. The van der Waals surface area contributed by atoms with Gasteiger partial charge in [-0.05, 0) is 79.9 Å². The van der Waals surface area contributed by atoms with Gasteiger partial charge in [0.2, 0.25) is 0 Å². The molecular weight excluding hydrogens is 424 g/mol. The van der Waals surface area contributed by atoms with E-state index in [1.165, 1.54) is 20.9 Å². The number of rotatable bonds is 11. The molecule has 32 heavy (non-hydrogen) atoms. The zero-order valence-electron chi connectivity index (χ0n) is 19.1. The number of thiophene rings is 1. The van der Waals surface area contributed by atoms with E-state index in [-0.39, 0.29) is 5.97 Å². The van der Waals surface area contributed by atoms with Crippen LogP contribution in [-0.4, -0.2) is 32.4 Å². The molecule has 0 aliphatic carbocycles. The van der Waals surface area contributed by atoms with Gasteiger partial charge in [0.1, 0.15) is 18.1 Å². The molecule has 0 amide bonds. The van der Waals surface area contributed by atoms with E-state index in [0.717, 1.165) is 17.1 Å². The lowest BCUT2D eigenvalue weighted by atomic mass is 10.1. The smallest absolute Gasteiger partial charge is 0.335 e. The van der Waals surface area contributed by atoms with Crippen molar-refractivity contribution in [2.24, 2.45) is 0 Å².